The smallest absolute Gasteiger partial charge is 0.230 e. The third-order valence-electron chi connectivity index (χ3n) is 3.61. The lowest BCUT2D eigenvalue weighted by molar-refractivity contribution is -0.118. The van der Waals surface area contributed by atoms with Crippen molar-refractivity contribution in [3.8, 4) is 0 Å². The van der Waals surface area contributed by atoms with Gasteiger partial charge in [-0.1, -0.05) is 6.08 Å². The molecule has 1 heterocycles. The van der Waals surface area contributed by atoms with Crippen molar-refractivity contribution in [1.29, 1.82) is 0 Å². The minimum atomic E-state index is -0.830. The molecule has 3 nitrogen and oxygen atoms in total. The number of carbonyl (C=O) groups excluding carboxylic acids is 1. The van der Waals surface area contributed by atoms with E-state index >= 15 is 0 Å². The fraction of sp³-hybridized carbons (Fsp3) is 0.438. The van der Waals surface area contributed by atoms with Gasteiger partial charge in [0.05, 0.1) is 5.75 Å². The number of anilines is 1. The number of amides is 1. The van der Waals surface area contributed by atoms with E-state index in [1.807, 2.05) is 4.90 Å². The van der Waals surface area contributed by atoms with Gasteiger partial charge < -0.3 is 10.2 Å². The third kappa shape index (κ3) is 4.73. The molecule has 2 rings (SSSR count). The summed E-state index contributed by atoms with van der Waals surface area (Å²) in [6.45, 7) is 5.76. The molecule has 0 radical (unpaired) electrons. The Morgan fingerprint density at radius 1 is 1.45 bits per heavy atom. The van der Waals surface area contributed by atoms with Crippen molar-refractivity contribution < 1.29 is 13.6 Å². The number of rotatable bonds is 7. The van der Waals surface area contributed by atoms with Crippen molar-refractivity contribution in [3.63, 3.8) is 0 Å². The highest BCUT2D eigenvalue weighted by molar-refractivity contribution is 8.00. The lowest BCUT2D eigenvalue weighted by Gasteiger charge is -2.19. The third-order valence-corrected chi connectivity index (χ3v) is 4.55. The van der Waals surface area contributed by atoms with Gasteiger partial charge in [-0.3, -0.25) is 4.79 Å². The Balaban J connectivity index is 1.76. The van der Waals surface area contributed by atoms with Crippen LogP contribution in [0.4, 0.5) is 14.5 Å². The maximum Gasteiger partial charge on any atom is 0.230 e. The maximum atomic E-state index is 13.3. The van der Waals surface area contributed by atoms with Gasteiger partial charge in [0.1, 0.15) is 0 Å². The lowest BCUT2D eigenvalue weighted by atomic mass is 10.1. The van der Waals surface area contributed by atoms with Crippen LogP contribution in [0.5, 0.6) is 0 Å². The number of hydrogen-bond acceptors (Lipinski definition) is 3. The molecule has 1 saturated heterocycles. The molecular weight excluding hydrogens is 306 g/mol. The molecule has 6 heteroatoms. The summed E-state index contributed by atoms with van der Waals surface area (Å²) in [6.07, 6.45) is 2.70. The van der Waals surface area contributed by atoms with E-state index < -0.39 is 11.6 Å². The first kappa shape index (κ1) is 16.8. The zero-order chi connectivity index (χ0) is 15.9. The number of thioether (sulfide) groups is 1. The highest BCUT2D eigenvalue weighted by Gasteiger charge is 2.23. The van der Waals surface area contributed by atoms with Crippen molar-refractivity contribution in [2.24, 2.45) is 5.92 Å². The summed E-state index contributed by atoms with van der Waals surface area (Å²) in [4.78, 5) is 13.7. The molecule has 0 aliphatic carbocycles. The monoisotopic (exact) mass is 326 g/mol. The summed E-state index contributed by atoms with van der Waals surface area (Å²) in [7, 11) is 0. The van der Waals surface area contributed by atoms with Crippen molar-refractivity contribution in [2.75, 3.05) is 36.0 Å². The molecular formula is C16H20F2N2OS. The average Bonchev–Trinajstić information content (AvgIpc) is 2.97. The SMILES string of the molecule is C=CCSCC(=O)NC[C@H]1CCN(c2ccc(F)c(F)c2)C1. The van der Waals surface area contributed by atoms with Gasteiger partial charge in [0.2, 0.25) is 5.91 Å². The molecule has 1 aliphatic rings. The minimum absolute atomic E-state index is 0.0260. The first-order valence-electron chi connectivity index (χ1n) is 7.25. The minimum Gasteiger partial charge on any atom is -0.371 e. The predicted octanol–water partition coefficient (Wildman–Crippen LogP) is 2.83. The molecule has 0 unspecified atom stereocenters. The zero-order valence-corrected chi connectivity index (χ0v) is 13.2. The van der Waals surface area contributed by atoms with Crippen LogP contribution in [-0.4, -0.2) is 37.0 Å². The van der Waals surface area contributed by atoms with Crippen LogP contribution in [0, 0.1) is 17.6 Å². The zero-order valence-electron chi connectivity index (χ0n) is 12.4. The van der Waals surface area contributed by atoms with Crippen LogP contribution >= 0.6 is 11.8 Å². The van der Waals surface area contributed by atoms with Gasteiger partial charge >= 0.3 is 0 Å². The molecule has 1 N–H and O–H groups in total. The van der Waals surface area contributed by atoms with Gasteiger partial charge in [-0.15, -0.1) is 18.3 Å². The van der Waals surface area contributed by atoms with E-state index in [4.69, 9.17) is 0 Å². The largest absolute Gasteiger partial charge is 0.371 e. The van der Waals surface area contributed by atoms with Crippen LogP contribution in [0.25, 0.3) is 0 Å². The normalized spacial score (nSPS) is 17.5. The van der Waals surface area contributed by atoms with E-state index in [2.05, 4.69) is 11.9 Å². The summed E-state index contributed by atoms with van der Waals surface area (Å²) >= 11 is 1.53. The molecule has 0 spiro atoms. The number of nitrogens with one attached hydrogen (secondary N) is 1. The van der Waals surface area contributed by atoms with Crippen molar-refractivity contribution in [1.82, 2.24) is 5.32 Å². The Morgan fingerprint density at radius 2 is 2.27 bits per heavy atom. The maximum absolute atomic E-state index is 13.3. The standard InChI is InChI=1S/C16H20F2N2OS/c1-2-7-22-11-16(21)19-9-12-5-6-20(10-12)13-3-4-14(17)15(18)8-13/h2-4,8,12H,1,5-7,9-11H2,(H,19,21)/t12-/m1/s1. The van der Waals surface area contributed by atoms with E-state index in [9.17, 15) is 13.6 Å². The first-order valence-corrected chi connectivity index (χ1v) is 8.41. The topological polar surface area (TPSA) is 32.3 Å². The summed E-state index contributed by atoms with van der Waals surface area (Å²) in [5.41, 5.74) is 0.689. The second-order valence-electron chi connectivity index (χ2n) is 5.31. The van der Waals surface area contributed by atoms with Crippen LogP contribution in [0.2, 0.25) is 0 Å². The van der Waals surface area contributed by atoms with E-state index in [1.165, 1.54) is 17.8 Å². The highest BCUT2D eigenvalue weighted by Crippen LogP contribution is 2.24. The predicted molar refractivity (Wildman–Crippen MR) is 87.2 cm³/mol. The van der Waals surface area contributed by atoms with E-state index in [-0.39, 0.29) is 5.91 Å². The molecule has 120 valence electrons. The second-order valence-corrected chi connectivity index (χ2v) is 6.34. The number of benzene rings is 1. The Morgan fingerprint density at radius 3 is 3.00 bits per heavy atom. The fourth-order valence-electron chi connectivity index (χ4n) is 2.46. The number of nitrogens with zero attached hydrogens (tertiary/aromatic N) is 1. The van der Waals surface area contributed by atoms with E-state index in [0.29, 0.717) is 23.9 Å². The molecule has 1 atom stereocenters. The van der Waals surface area contributed by atoms with Gasteiger partial charge in [-0.25, -0.2) is 8.78 Å². The van der Waals surface area contributed by atoms with Crippen LogP contribution < -0.4 is 10.2 Å². The molecule has 1 aliphatic heterocycles. The number of halogens is 2. The van der Waals surface area contributed by atoms with Gasteiger partial charge in [-0.2, -0.15) is 0 Å². The van der Waals surface area contributed by atoms with Crippen LogP contribution in [0.3, 0.4) is 0 Å². The summed E-state index contributed by atoms with van der Waals surface area (Å²) < 4.78 is 26.2. The molecule has 22 heavy (non-hydrogen) atoms. The first-order chi connectivity index (χ1) is 10.6. The quantitative estimate of drug-likeness (QED) is 0.618. The van der Waals surface area contributed by atoms with Crippen LogP contribution in [-0.2, 0) is 4.79 Å². The summed E-state index contributed by atoms with van der Waals surface area (Å²) in [6, 6.07) is 3.96. The highest BCUT2D eigenvalue weighted by atomic mass is 32.2. The average molecular weight is 326 g/mol. The molecule has 1 amide bonds. The Kier molecular flexibility index (Phi) is 6.24. The van der Waals surface area contributed by atoms with E-state index in [0.717, 1.165) is 31.3 Å². The van der Waals surface area contributed by atoms with Gasteiger partial charge in [-0.05, 0) is 24.5 Å². The van der Waals surface area contributed by atoms with Gasteiger partial charge in [0, 0.05) is 37.1 Å². The van der Waals surface area contributed by atoms with Crippen molar-refractivity contribution in [3.05, 3.63) is 42.5 Å². The lowest BCUT2D eigenvalue weighted by Crippen LogP contribution is -2.32. The van der Waals surface area contributed by atoms with Crippen molar-refractivity contribution >= 4 is 23.4 Å². The molecule has 1 fully saturated rings. The van der Waals surface area contributed by atoms with Gasteiger partial charge in [0.15, 0.2) is 11.6 Å². The van der Waals surface area contributed by atoms with Gasteiger partial charge in [0.25, 0.3) is 0 Å². The number of carbonyl (C=O) groups is 1. The Hall–Kier alpha value is -1.56. The molecule has 0 aromatic heterocycles. The second kappa shape index (κ2) is 8.17. The molecule has 1 aromatic rings. The van der Waals surface area contributed by atoms with E-state index in [1.54, 1.807) is 12.1 Å². The fourth-order valence-corrected chi connectivity index (χ4v) is 3.03. The molecule has 0 bridgehead atoms. The van der Waals surface area contributed by atoms with Crippen LogP contribution in [0.1, 0.15) is 6.42 Å². The molecule has 0 saturated carbocycles. The Labute approximate surface area is 133 Å². The Bertz CT molecular complexity index is 539. The van der Waals surface area contributed by atoms with Crippen LogP contribution in [0.15, 0.2) is 30.9 Å². The summed E-state index contributed by atoms with van der Waals surface area (Å²) in [5.74, 6) is -0.0938. The molecule has 1 aromatic carbocycles. The van der Waals surface area contributed by atoms with Crippen molar-refractivity contribution in [2.45, 2.75) is 6.42 Å². The summed E-state index contributed by atoms with van der Waals surface area (Å²) in [5, 5.41) is 2.92. The number of hydrogen-bond donors (Lipinski definition) is 1.